The first kappa shape index (κ1) is 13.4. The predicted molar refractivity (Wildman–Crippen MR) is 75.8 cm³/mol. The maximum absolute atomic E-state index is 13.0. The van der Waals surface area contributed by atoms with Crippen LogP contribution >= 0.6 is 0 Å². The summed E-state index contributed by atoms with van der Waals surface area (Å²) in [5, 5.41) is 11.4. The second-order valence-electron chi connectivity index (χ2n) is 4.90. The lowest BCUT2D eigenvalue weighted by atomic mass is 9.95. The summed E-state index contributed by atoms with van der Waals surface area (Å²) in [6.07, 6.45) is -0.466. The lowest BCUT2D eigenvalue weighted by molar-refractivity contribution is 0.182. The lowest BCUT2D eigenvalue weighted by Crippen LogP contribution is -2.30. The van der Waals surface area contributed by atoms with Crippen LogP contribution in [0.4, 0.5) is 9.18 Å². The van der Waals surface area contributed by atoms with Crippen molar-refractivity contribution in [3.05, 3.63) is 53.8 Å². The summed E-state index contributed by atoms with van der Waals surface area (Å²) in [5.41, 5.74) is 2.58. The van der Waals surface area contributed by atoms with Crippen molar-refractivity contribution in [2.24, 2.45) is 0 Å². The zero-order valence-corrected chi connectivity index (χ0v) is 11.2. The van der Waals surface area contributed by atoms with Gasteiger partial charge in [-0.05, 0) is 35.4 Å². The predicted octanol–water partition coefficient (Wildman–Crippen LogP) is 3.58. The third kappa shape index (κ3) is 2.81. The molecular weight excluding hydrogens is 273 g/mol. The van der Waals surface area contributed by atoms with E-state index in [1.54, 1.807) is 12.1 Å². The molecule has 2 aromatic carbocycles. The van der Waals surface area contributed by atoms with Gasteiger partial charge in [-0.15, -0.1) is 0 Å². The summed E-state index contributed by atoms with van der Waals surface area (Å²) in [5.74, 6) is 0.399. The number of ether oxygens (including phenoxy) is 1. The molecule has 0 spiro atoms. The topological polar surface area (TPSA) is 58.6 Å². The van der Waals surface area contributed by atoms with Gasteiger partial charge in [0.25, 0.3) is 0 Å². The lowest BCUT2D eigenvalue weighted by Gasteiger charge is -2.26. The number of amides is 1. The largest absolute Gasteiger partial charge is 0.493 e. The van der Waals surface area contributed by atoms with Crippen LogP contribution in [-0.2, 0) is 0 Å². The maximum atomic E-state index is 13.0. The smallest absolute Gasteiger partial charge is 0.405 e. The quantitative estimate of drug-likeness (QED) is 0.887. The van der Waals surface area contributed by atoms with Crippen LogP contribution in [0, 0.1) is 5.82 Å². The molecule has 1 aliphatic heterocycles. The molecule has 1 amide bonds. The van der Waals surface area contributed by atoms with Crippen LogP contribution in [-0.4, -0.2) is 17.8 Å². The highest BCUT2D eigenvalue weighted by Gasteiger charge is 2.23. The number of halogens is 1. The van der Waals surface area contributed by atoms with Crippen molar-refractivity contribution in [2.45, 2.75) is 12.5 Å². The summed E-state index contributed by atoms with van der Waals surface area (Å²) in [6.45, 7) is 0.480. The van der Waals surface area contributed by atoms with Crippen LogP contribution < -0.4 is 10.1 Å². The van der Waals surface area contributed by atoms with E-state index in [4.69, 9.17) is 9.84 Å². The molecule has 0 aliphatic carbocycles. The first-order valence-electron chi connectivity index (χ1n) is 6.65. The zero-order chi connectivity index (χ0) is 14.8. The van der Waals surface area contributed by atoms with Crippen LogP contribution in [0.2, 0.25) is 0 Å². The third-order valence-electron chi connectivity index (χ3n) is 3.52. The molecule has 4 nitrogen and oxygen atoms in total. The second kappa shape index (κ2) is 5.44. The van der Waals surface area contributed by atoms with Crippen molar-refractivity contribution in [2.75, 3.05) is 6.61 Å². The van der Waals surface area contributed by atoms with Gasteiger partial charge in [0, 0.05) is 12.0 Å². The summed E-state index contributed by atoms with van der Waals surface area (Å²) in [6, 6.07) is 11.5. The van der Waals surface area contributed by atoms with Crippen LogP contribution in [0.5, 0.6) is 5.75 Å². The molecule has 2 N–H and O–H groups in total. The Balaban J connectivity index is 1.98. The molecule has 108 valence electrons. The Bertz CT molecular complexity index is 670. The SMILES string of the molecule is O=C(O)NC1CCOc2ccc(-c3ccc(F)cc3)cc21. The fourth-order valence-corrected chi connectivity index (χ4v) is 2.52. The Labute approximate surface area is 121 Å². The third-order valence-corrected chi connectivity index (χ3v) is 3.52. The van der Waals surface area contributed by atoms with Crippen molar-refractivity contribution in [1.82, 2.24) is 5.32 Å². The highest BCUT2D eigenvalue weighted by Crippen LogP contribution is 2.35. The number of fused-ring (bicyclic) bond motifs is 1. The Morgan fingerprint density at radius 2 is 1.90 bits per heavy atom. The van der Waals surface area contributed by atoms with Crippen molar-refractivity contribution >= 4 is 6.09 Å². The zero-order valence-electron chi connectivity index (χ0n) is 11.2. The molecule has 1 aliphatic rings. The summed E-state index contributed by atoms with van der Waals surface area (Å²) >= 11 is 0. The number of nitrogens with one attached hydrogen (secondary N) is 1. The minimum atomic E-state index is -1.06. The molecule has 3 rings (SSSR count). The maximum Gasteiger partial charge on any atom is 0.405 e. The number of rotatable bonds is 2. The van der Waals surface area contributed by atoms with Gasteiger partial charge in [0.05, 0.1) is 12.6 Å². The van der Waals surface area contributed by atoms with E-state index in [0.717, 1.165) is 16.7 Å². The minimum absolute atomic E-state index is 0.286. The molecule has 5 heteroatoms. The first-order valence-corrected chi connectivity index (χ1v) is 6.65. The van der Waals surface area contributed by atoms with Gasteiger partial charge in [-0.25, -0.2) is 9.18 Å². The van der Waals surface area contributed by atoms with Gasteiger partial charge in [0.1, 0.15) is 11.6 Å². The number of hydrogen-bond donors (Lipinski definition) is 2. The number of carbonyl (C=O) groups is 1. The van der Waals surface area contributed by atoms with Gasteiger partial charge in [0.2, 0.25) is 0 Å². The fourth-order valence-electron chi connectivity index (χ4n) is 2.52. The van der Waals surface area contributed by atoms with Gasteiger partial charge in [-0.1, -0.05) is 18.2 Å². The van der Waals surface area contributed by atoms with Crippen molar-refractivity contribution in [3.8, 4) is 16.9 Å². The normalized spacial score (nSPS) is 16.7. The Kier molecular flexibility index (Phi) is 3.48. The van der Waals surface area contributed by atoms with E-state index in [2.05, 4.69) is 5.32 Å². The van der Waals surface area contributed by atoms with Crippen LogP contribution in [0.3, 0.4) is 0 Å². The van der Waals surface area contributed by atoms with E-state index in [9.17, 15) is 9.18 Å². The van der Waals surface area contributed by atoms with Gasteiger partial charge in [-0.2, -0.15) is 0 Å². The van der Waals surface area contributed by atoms with Gasteiger partial charge >= 0.3 is 6.09 Å². The van der Waals surface area contributed by atoms with Crippen molar-refractivity contribution in [3.63, 3.8) is 0 Å². The molecule has 0 saturated carbocycles. The van der Waals surface area contributed by atoms with E-state index in [-0.39, 0.29) is 11.9 Å². The van der Waals surface area contributed by atoms with Gasteiger partial charge in [-0.3, -0.25) is 0 Å². The summed E-state index contributed by atoms with van der Waals surface area (Å²) < 4.78 is 18.5. The monoisotopic (exact) mass is 287 g/mol. The van der Waals surface area contributed by atoms with E-state index in [0.29, 0.717) is 18.8 Å². The Morgan fingerprint density at radius 1 is 1.19 bits per heavy atom. The molecule has 21 heavy (non-hydrogen) atoms. The molecule has 0 radical (unpaired) electrons. The van der Waals surface area contributed by atoms with Crippen molar-refractivity contribution < 1.29 is 19.0 Å². The van der Waals surface area contributed by atoms with Gasteiger partial charge < -0.3 is 15.2 Å². The minimum Gasteiger partial charge on any atom is -0.493 e. The highest BCUT2D eigenvalue weighted by molar-refractivity contribution is 5.68. The molecular formula is C16H14FNO3. The standard InChI is InChI=1S/C16H14FNO3/c17-12-4-1-10(2-5-12)11-3-6-15-13(9-11)14(7-8-21-15)18-16(19)20/h1-6,9,14,18H,7-8H2,(H,19,20). The van der Waals surface area contributed by atoms with E-state index in [1.165, 1.54) is 12.1 Å². The molecule has 1 heterocycles. The molecule has 0 bridgehead atoms. The summed E-state index contributed by atoms with van der Waals surface area (Å²) in [4.78, 5) is 10.9. The average Bonchev–Trinajstić information content (AvgIpc) is 2.47. The molecule has 0 fully saturated rings. The molecule has 0 aromatic heterocycles. The summed E-state index contributed by atoms with van der Waals surface area (Å²) in [7, 11) is 0. The Hall–Kier alpha value is -2.56. The molecule has 2 aromatic rings. The van der Waals surface area contributed by atoms with Crippen LogP contribution in [0.15, 0.2) is 42.5 Å². The number of benzene rings is 2. The Morgan fingerprint density at radius 3 is 2.62 bits per heavy atom. The number of hydrogen-bond acceptors (Lipinski definition) is 2. The molecule has 1 unspecified atom stereocenters. The molecule has 0 saturated heterocycles. The number of carboxylic acid groups (broad SMARTS) is 1. The van der Waals surface area contributed by atoms with E-state index < -0.39 is 6.09 Å². The highest BCUT2D eigenvalue weighted by atomic mass is 19.1. The molecule has 1 atom stereocenters. The van der Waals surface area contributed by atoms with E-state index in [1.807, 2.05) is 18.2 Å². The van der Waals surface area contributed by atoms with Crippen LogP contribution in [0.1, 0.15) is 18.0 Å². The average molecular weight is 287 g/mol. The van der Waals surface area contributed by atoms with Crippen molar-refractivity contribution in [1.29, 1.82) is 0 Å². The second-order valence-corrected chi connectivity index (χ2v) is 4.90. The van der Waals surface area contributed by atoms with Crippen LogP contribution in [0.25, 0.3) is 11.1 Å². The fraction of sp³-hybridized carbons (Fsp3) is 0.188. The van der Waals surface area contributed by atoms with Gasteiger partial charge in [0.15, 0.2) is 0 Å². The first-order chi connectivity index (χ1) is 10.1. The van der Waals surface area contributed by atoms with E-state index >= 15 is 0 Å².